The van der Waals surface area contributed by atoms with Gasteiger partial charge >= 0.3 is 0 Å². The lowest BCUT2D eigenvalue weighted by Gasteiger charge is -2.35. The molecule has 5 heterocycles. The first kappa shape index (κ1) is 26.7. The fourth-order valence-electron chi connectivity index (χ4n) is 6.84. The van der Waals surface area contributed by atoms with E-state index in [0.29, 0.717) is 23.9 Å². The molecular weight excluding hydrogens is 565 g/mol. The highest BCUT2D eigenvalue weighted by Crippen LogP contribution is 2.46. The molecule has 2 aliphatic heterocycles. The van der Waals surface area contributed by atoms with Gasteiger partial charge in [-0.05, 0) is 62.3 Å². The van der Waals surface area contributed by atoms with Crippen LogP contribution in [0.25, 0.3) is 22.2 Å². The first-order valence-corrected chi connectivity index (χ1v) is 15.0. The van der Waals surface area contributed by atoms with Crippen LogP contribution in [0.15, 0.2) is 42.9 Å². The van der Waals surface area contributed by atoms with Gasteiger partial charge in [-0.25, -0.2) is 4.39 Å². The van der Waals surface area contributed by atoms with Crippen molar-refractivity contribution in [2.45, 2.75) is 56.5 Å². The van der Waals surface area contributed by atoms with Crippen LogP contribution in [0, 0.1) is 11.7 Å². The summed E-state index contributed by atoms with van der Waals surface area (Å²) in [6, 6.07) is 6.24. The van der Waals surface area contributed by atoms with Gasteiger partial charge in [-0.15, -0.1) is 0 Å². The van der Waals surface area contributed by atoms with E-state index in [-0.39, 0.29) is 35.8 Å². The lowest BCUT2D eigenvalue weighted by Crippen LogP contribution is -2.54. The normalized spacial score (nSPS) is 23.2. The molecule has 2 saturated carbocycles. The Bertz CT molecular complexity index is 1900. The van der Waals surface area contributed by atoms with Crippen LogP contribution >= 0.6 is 0 Å². The van der Waals surface area contributed by atoms with Crippen LogP contribution in [0.4, 0.5) is 10.1 Å². The second kappa shape index (κ2) is 9.83. The van der Waals surface area contributed by atoms with E-state index < -0.39 is 29.7 Å². The average Bonchev–Trinajstić information content (AvgIpc) is 3.54. The number of nitrogens with one attached hydrogen (secondary N) is 2. The van der Waals surface area contributed by atoms with E-state index >= 15 is 0 Å². The summed E-state index contributed by atoms with van der Waals surface area (Å²) in [7, 11) is 1.83. The molecule has 0 bridgehead atoms. The number of carbonyl (C=O) groups is 4. The van der Waals surface area contributed by atoms with E-state index in [9.17, 15) is 23.6 Å². The highest BCUT2D eigenvalue weighted by Gasteiger charge is 2.44. The predicted molar refractivity (Wildman–Crippen MR) is 157 cm³/mol. The predicted octanol–water partition coefficient (Wildman–Crippen LogP) is 3.92. The molecule has 0 spiro atoms. The summed E-state index contributed by atoms with van der Waals surface area (Å²) < 4.78 is 18.4. The Labute approximate surface area is 251 Å². The minimum atomic E-state index is -0.982. The molecule has 4 amide bonds. The van der Waals surface area contributed by atoms with Gasteiger partial charge in [-0.3, -0.25) is 39.1 Å². The minimum Gasteiger partial charge on any atom is -0.385 e. The van der Waals surface area contributed by atoms with Crippen molar-refractivity contribution < 1.29 is 23.6 Å². The third-order valence-electron chi connectivity index (χ3n) is 9.46. The Hall–Kier alpha value is -4.87. The van der Waals surface area contributed by atoms with Crippen LogP contribution in [0.3, 0.4) is 0 Å². The Morgan fingerprint density at radius 3 is 2.59 bits per heavy atom. The topological polar surface area (TPSA) is 131 Å². The van der Waals surface area contributed by atoms with Crippen LogP contribution in [0.1, 0.15) is 76.9 Å². The van der Waals surface area contributed by atoms with E-state index in [2.05, 4.69) is 26.5 Å². The van der Waals surface area contributed by atoms with E-state index in [1.807, 2.05) is 19.3 Å². The molecule has 11 nitrogen and oxygen atoms in total. The summed E-state index contributed by atoms with van der Waals surface area (Å²) in [5, 5.41) is 11.4. The molecule has 1 saturated heterocycles. The van der Waals surface area contributed by atoms with Gasteiger partial charge in [-0.2, -0.15) is 5.10 Å². The van der Waals surface area contributed by atoms with Crippen LogP contribution < -0.4 is 10.6 Å². The van der Waals surface area contributed by atoms with Gasteiger partial charge in [0.05, 0.1) is 40.3 Å². The van der Waals surface area contributed by atoms with Crippen molar-refractivity contribution in [2.24, 2.45) is 13.0 Å². The summed E-state index contributed by atoms with van der Waals surface area (Å²) in [6.07, 6.45) is 9.50. The largest absolute Gasteiger partial charge is 0.385 e. The number of piperidine rings is 1. The second-order valence-corrected chi connectivity index (χ2v) is 12.4. The number of hydrogen-bond donors (Lipinski definition) is 2. The summed E-state index contributed by atoms with van der Waals surface area (Å²) in [5.41, 5.74) is 4.58. The van der Waals surface area contributed by atoms with Crippen LogP contribution in [-0.2, 0) is 16.6 Å². The SMILES string of the molecule is Cn1ccc2c(-c3cn(C4CC(CNc5ccc6c(c5)C(=O)N(C5CCC(=O)NC5=O)C6=O)C4)nc3C3CC3)ncc(F)c21. The summed E-state index contributed by atoms with van der Waals surface area (Å²) >= 11 is 0. The Balaban J connectivity index is 0.941. The molecule has 8 rings (SSSR count). The van der Waals surface area contributed by atoms with Crippen molar-refractivity contribution in [2.75, 3.05) is 11.9 Å². The number of imide groups is 2. The van der Waals surface area contributed by atoms with E-state index in [1.54, 1.807) is 22.8 Å². The number of benzene rings is 1. The van der Waals surface area contributed by atoms with Gasteiger partial charge in [0, 0.05) is 55.0 Å². The summed E-state index contributed by atoms with van der Waals surface area (Å²) in [5.74, 6) is -1.58. The van der Waals surface area contributed by atoms with E-state index in [1.165, 1.54) is 6.20 Å². The Morgan fingerprint density at radius 1 is 1.02 bits per heavy atom. The smallest absolute Gasteiger partial charge is 0.262 e. The zero-order valence-electron chi connectivity index (χ0n) is 24.0. The lowest BCUT2D eigenvalue weighted by atomic mass is 9.80. The Morgan fingerprint density at radius 2 is 1.82 bits per heavy atom. The number of pyridine rings is 1. The maximum absolute atomic E-state index is 14.5. The van der Waals surface area contributed by atoms with Gasteiger partial charge < -0.3 is 9.88 Å². The van der Waals surface area contributed by atoms with Gasteiger partial charge in [-0.1, -0.05) is 0 Å². The van der Waals surface area contributed by atoms with Crippen LogP contribution in [-0.4, -0.2) is 60.4 Å². The number of hydrogen-bond acceptors (Lipinski definition) is 7. The monoisotopic (exact) mass is 595 g/mol. The molecule has 0 radical (unpaired) electrons. The second-order valence-electron chi connectivity index (χ2n) is 12.4. The van der Waals surface area contributed by atoms with Gasteiger partial charge in [0.25, 0.3) is 11.8 Å². The molecule has 44 heavy (non-hydrogen) atoms. The summed E-state index contributed by atoms with van der Waals surface area (Å²) in [4.78, 5) is 55.4. The highest BCUT2D eigenvalue weighted by molar-refractivity contribution is 6.23. The minimum absolute atomic E-state index is 0.0841. The number of fused-ring (bicyclic) bond motifs is 2. The van der Waals surface area contributed by atoms with Crippen molar-refractivity contribution in [3.8, 4) is 11.3 Å². The van der Waals surface area contributed by atoms with Crippen LogP contribution in [0.5, 0.6) is 0 Å². The maximum atomic E-state index is 14.5. The number of aromatic nitrogens is 4. The van der Waals surface area contributed by atoms with Gasteiger partial charge in [0.1, 0.15) is 6.04 Å². The molecule has 1 aromatic carbocycles. The first-order valence-electron chi connectivity index (χ1n) is 15.0. The fourth-order valence-corrected chi connectivity index (χ4v) is 6.84. The van der Waals surface area contributed by atoms with E-state index in [0.717, 1.165) is 58.6 Å². The molecule has 12 heteroatoms. The number of anilines is 1. The number of rotatable bonds is 7. The first-order chi connectivity index (χ1) is 21.3. The molecule has 3 fully saturated rings. The number of nitrogens with zero attached hydrogens (tertiary/aromatic N) is 5. The number of amides is 4. The number of halogens is 1. The van der Waals surface area contributed by atoms with Crippen LogP contribution in [0.2, 0.25) is 0 Å². The zero-order valence-corrected chi connectivity index (χ0v) is 24.0. The molecule has 1 atom stereocenters. The molecule has 1 unspecified atom stereocenters. The van der Waals surface area contributed by atoms with Crippen molar-refractivity contribution in [1.29, 1.82) is 0 Å². The van der Waals surface area contributed by atoms with Crippen molar-refractivity contribution >= 4 is 40.2 Å². The number of aryl methyl sites for hydroxylation is 1. The van der Waals surface area contributed by atoms with Gasteiger partial charge in [0.15, 0.2) is 5.82 Å². The fraction of sp³-hybridized carbons (Fsp3) is 0.375. The van der Waals surface area contributed by atoms with Crippen molar-refractivity contribution in [1.82, 2.24) is 29.5 Å². The summed E-state index contributed by atoms with van der Waals surface area (Å²) in [6.45, 7) is 0.696. The van der Waals surface area contributed by atoms with Crippen molar-refractivity contribution in [3.05, 3.63) is 65.5 Å². The molecule has 4 aromatic rings. The molecule has 3 aromatic heterocycles. The highest BCUT2D eigenvalue weighted by atomic mass is 19.1. The standard InChI is InChI=1S/C32H30FN7O4/c1-38-9-8-21-28(35-14-24(33)29(21)38)23-15-39(37-27(23)17-2-3-17)19-10-16(11-19)13-34-18-4-5-20-22(12-18)32(44)40(31(20)43)25-6-7-26(41)36-30(25)42/h4-5,8-9,12,14-17,19,25,34H,2-3,6-7,10-11,13H2,1H3,(H,36,41,42). The third-order valence-corrected chi connectivity index (χ3v) is 9.46. The molecule has 4 aliphatic rings. The molecule has 2 N–H and O–H groups in total. The lowest BCUT2D eigenvalue weighted by molar-refractivity contribution is -0.136. The van der Waals surface area contributed by atoms with Gasteiger partial charge in [0.2, 0.25) is 11.8 Å². The third kappa shape index (κ3) is 4.22. The molecule has 2 aliphatic carbocycles. The number of carbonyl (C=O) groups excluding carboxylic acids is 4. The Kier molecular flexibility index (Phi) is 5.97. The maximum Gasteiger partial charge on any atom is 0.262 e. The van der Waals surface area contributed by atoms with Crippen molar-refractivity contribution in [3.63, 3.8) is 0 Å². The molecule has 224 valence electrons. The average molecular weight is 596 g/mol. The zero-order chi connectivity index (χ0) is 30.3. The van der Waals surface area contributed by atoms with E-state index in [4.69, 9.17) is 5.10 Å². The quantitative estimate of drug-likeness (QED) is 0.310. The molecular formula is C32H30FN7O4.